The van der Waals surface area contributed by atoms with Gasteiger partial charge < -0.3 is 98.4 Å². The number of carboxylic acid groups (broad SMARTS) is 2. The fraction of sp³-hybridized carbons (Fsp3) is 0.467. The molecule has 0 aliphatic carbocycles. The number of aliphatic carboxylic acids is 2. The van der Waals surface area contributed by atoms with Gasteiger partial charge in [0, 0.05) is 89.2 Å². The lowest BCUT2D eigenvalue weighted by atomic mass is 9.98. The first-order valence-electron chi connectivity index (χ1n) is 43.5. The van der Waals surface area contributed by atoms with E-state index in [0.29, 0.717) is 51.6 Å². The third-order valence-electron chi connectivity index (χ3n) is 23.3. The number of hydrogen-bond acceptors (Lipinski definition) is 19. The quantitative estimate of drug-likeness (QED) is 0.0436. The number of fused-ring (bicyclic) bond motifs is 3. The molecule has 13 atom stereocenters. The molecule has 0 saturated carbocycles. The Kier molecular flexibility index (Phi) is 36.8. The molecule has 15 N–H and O–H groups in total. The molecule has 0 radical (unpaired) electrons. The average Bonchev–Trinajstić information content (AvgIpc) is 1.61. The molecule has 36 nitrogen and oxygen atoms in total. The normalized spacial score (nSPS) is 23.8. The number of unbranched alkanes of at least 4 members (excludes halogenated alkanes) is 1. The second-order valence-corrected chi connectivity index (χ2v) is 34.8. The minimum absolute atomic E-state index is 0.0112. The van der Waals surface area contributed by atoms with E-state index in [-0.39, 0.29) is 89.5 Å². The van der Waals surface area contributed by atoms with E-state index in [0.717, 1.165) is 38.6 Å². The SMILES string of the molecule is CCCC[C@H]1C(=O)N2CCC[C@@H]2C(=O)N[C@@H](CC(=O)O)C(=O)N[C@@H](C(C)C)C(=O)N(C)[C@@H](Cc2ccccc2)C(=O)N[C@@H](CC(=O)O)C(=O)N2CCC[C@@H]2C(=O)N[C@@H](Cc2c[nH]c3ccccc23)C(=O)N[C@@H](Cc2ccc(O)cc2)C(=O)N[C@@H](CC(C)C)C(=O)N[C@H](C(=O)NCC(N)=O)CSCC(=O)N[C@@H](Cc2ccc(F)cc2)C(=O)N(C)[C@@H](Cc2ccccc2)C(=O)N1C. The number of rotatable bonds is 23. The Morgan fingerprint density at radius 3 is 1.56 bits per heavy atom. The Labute approximate surface area is 756 Å². The molecule has 1 aromatic heterocycles. The van der Waals surface area contributed by atoms with Crippen LogP contribution in [0.5, 0.6) is 5.75 Å². The van der Waals surface area contributed by atoms with Gasteiger partial charge in [-0.15, -0.1) is 11.8 Å². The van der Waals surface area contributed by atoms with Crippen molar-refractivity contribution in [2.75, 3.05) is 52.3 Å². The van der Waals surface area contributed by atoms with Crippen LogP contribution < -0.4 is 53.6 Å². The van der Waals surface area contributed by atoms with E-state index >= 15 is 43.2 Å². The van der Waals surface area contributed by atoms with Crippen LogP contribution in [0.3, 0.4) is 0 Å². The molecule has 38 heteroatoms. The lowest BCUT2D eigenvalue weighted by molar-refractivity contribution is -0.152. The molecule has 0 unspecified atom stereocenters. The zero-order valence-corrected chi connectivity index (χ0v) is 74.8. The predicted octanol–water partition coefficient (Wildman–Crippen LogP) is 2.06. The number of carboxylic acids is 2. The van der Waals surface area contributed by atoms with Crippen LogP contribution in [0.2, 0.25) is 0 Å². The van der Waals surface area contributed by atoms with E-state index in [1.54, 1.807) is 105 Å². The number of aromatic nitrogens is 1. The van der Waals surface area contributed by atoms with Crippen molar-refractivity contribution >= 4 is 123 Å². The van der Waals surface area contributed by atoms with Crippen LogP contribution in [-0.4, -0.2) is 276 Å². The number of phenolic OH excluding ortho intramolecular Hbond substituents is 1. The number of halogens is 1. The molecule has 5 aromatic carbocycles. The lowest BCUT2D eigenvalue weighted by Crippen LogP contribution is -2.62. The van der Waals surface area contributed by atoms with Crippen molar-refractivity contribution < 1.29 is 101 Å². The van der Waals surface area contributed by atoms with Gasteiger partial charge in [0.05, 0.1) is 25.1 Å². The average molecular weight is 1820 g/mol. The highest BCUT2D eigenvalue weighted by molar-refractivity contribution is 8.00. The number of aromatic amines is 1. The van der Waals surface area contributed by atoms with E-state index in [9.17, 15) is 58.1 Å². The van der Waals surface area contributed by atoms with Gasteiger partial charge in [-0.25, -0.2) is 4.39 Å². The molecule has 15 amide bonds. The topological polar surface area (TPSA) is 517 Å². The molecule has 3 saturated heterocycles. The number of aromatic hydroxyl groups is 1. The number of hydrogen-bond donors (Lipinski definition) is 14. The Balaban J connectivity index is 1.12. The summed E-state index contributed by atoms with van der Waals surface area (Å²) >= 11 is 0.780. The van der Waals surface area contributed by atoms with Crippen molar-refractivity contribution in [1.29, 1.82) is 0 Å². The van der Waals surface area contributed by atoms with Crippen LogP contribution >= 0.6 is 11.8 Å². The van der Waals surface area contributed by atoms with Crippen molar-refractivity contribution in [3.8, 4) is 5.75 Å². The molecule has 9 rings (SSSR count). The third-order valence-corrected chi connectivity index (χ3v) is 24.3. The molecule has 130 heavy (non-hydrogen) atoms. The van der Waals surface area contributed by atoms with Gasteiger partial charge in [-0.3, -0.25) is 81.5 Å². The summed E-state index contributed by atoms with van der Waals surface area (Å²) < 4.78 is 14.6. The number of nitrogens with two attached hydrogens (primary N) is 1. The molecule has 3 aliphatic rings. The van der Waals surface area contributed by atoms with Gasteiger partial charge in [0.2, 0.25) is 88.6 Å². The summed E-state index contributed by atoms with van der Waals surface area (Å²) in [4.78, 5) is 258. The van der Waals surface area contributed by atoms with Gasteiger partial charge >= 0.3 is 11.9 Å². The monoisotopic (exact) mass is 1820 g/mol. The fourth-order valence-corrected chi connectivity index (χ4v) is 17.1. The Morgan fingerprint density at radius 2 is 0.985 bits per heavy atom. The van der Waals surface area contributed by atoms with E-state index in [1.807, 2.05) is 6.92 Å². The summed E-state index contributed by atoms with van der Waals surface area (Å²) in [5.74, 6) is -20.4. The first kappa shape index (κ1) is 100. The van der Waals surface area contributed by atoms with Gasteiger partial charge in [0.1, 0.15) is 90.1 Å². The van der Waals surface area contributed by atoms with Crippen molar-refractivity contribution in [2.45, 2.75) is 209 Å². The minimum atomic E-state index is -1.95. The van der Waals surface area contributed by atoms with Crippen molar-refractivity contribution in [3.63, 3.8) is 0 Å². The number of thioether (sulfide) groups is 1. The number of carbonyl (C=O) groups excluding carboxylic acids is 15. The van der Waals surface area contributed by atoms with Crippen molar-refractivity contribution in [2.24, 2.45) is 17.6 Å². The number of carbonyl (C=O) groups is 17. The minimum Gasteiger partial charge on any atom is -0.508 e. The number of likely N-dealkylation sites (N-methyl/N-ethyl adjacent to an activating group) is 3. The maximum absolute atomic E-state index is 15.7. The number of para-hydroxylation sites is 1. The Hall–Kier alpha value is -13.3. The number of nitrogens with zero attached hydrogens (tertiary/aromatic N) is 5. The van der Waals surface area contributed by atoms with Crippen LogP contribution in [0, 0.1) is 17.7 Å². The van der Waals surface area contributed by atoms with E-state index < -0.39 is 228 Å². The van der Waals surface area contributed by atoms with Crippen LogP contribution in [0.25, 0.3) is 10.9 Å². The van der Waals surface area contributed by atoms with Gasteiger partial charge in [-0.05, 0) is 109 Å². The maximum atomic E-state index is 15.7. The number of nitrogens with one attached hydrogen (secondary N) is 10. The summed E-state index contributed by atoms with van der Waals surface area (Å²) in [6.07, 6.45) is -0.909. The summed E-state index contributed by atoms with van der Waals surface area (Å²) in [6.45, 7) is 7.40. The zero-order chi connectivity index (χ0) is 94.7. The second-order valence-electron chi connectivity index (χ2n) is 33.8. The van der Waals surface area contributed by atoms with E-state index in [4.69, 9.17) is 5.73 Å². The lowest BCUT2D eigenvalue weighted by Gasteiger charge is -2.38. The molecule has 4 heterocycles. The predicted molar refractivity (Wildman–Crippen MR) is 477 cm³/mol. The standard InChI is InChI=1S/C92H117FN16O20S/c1-9-10-27-72-91(128)109-39-20-29-71(109)86(123)101-66(46-77(113)114)84(121)104-79(53(4)5)92(129)106(7)73(43-54-21-13-11-14-22-54)87(124)102-68(47-78(115)116)89(126)108-38-19-28-70(108)85(122)100-65(45-58-48-95-62-26-18-17-25-61(58)62)83(120)99-64(41-57-32-36-60(110)37-33-57)82(119)98-63(40-52(2)3)81(118)103-69(80(117)96-49-75(94)111)50-130-51-76(112)97-67(42-56-30-34-59(93)35-31-56)88(125)107(8)74(90(127)105(72)6)44-55-23-15-12-16-24-55/h11-18,21-26,30-37,48,52-53,63-74,79,95,110H,9-10,19-20,27-29,38-47,49-51H2,1-8H3,(H2,94,111)(H,96,117)(H,97,112)(H,98,119)(H,99,120)(H,100,122)(H,101,123)(H,102,124)(H,103,118)(H,104,121)(H,113,114)(H,115,116)/t63-,64-,65-,66-,67-,68-,69-,70+,71+,72-,73-,74-,79-/m0/s1. The Morgan fingerprint density at radius 1 is 0.500 bits per heavy atom. The third kappa shape index (κ3) is 28.1. The van der Waals surface area contributed by atoms with Crippen LogP contribution in [-0.2, 0) is 114 Å². The molecule has 0 bridgehead atoms. The highest BCUT2D eigenvalue weighted by Crippen LogP contribution is 2.28. The van der Waals surface area contributed by atoms with Gasteiger partial charge in [0.25, 0.3) is 0 Å². The summed E-state index contributed by atoms with van der Waals surface area (Å²) in [7, 11) is 3.90. The molecule has 0 spiro atoms. The summed E-state index contributed by atoms with van der Waals surface area (Å²) in [5.41, 5.74) is 8.30. The van der Waals surface area contributed by atoms with Gasteiger partial charge in [-0.1, -0.05) is 151 Å². The molecular formula is C92H117FN16O20S. The van der Waals surface area contributed by atoms with E-state index in [1.165, 1.54) is 81.2 Å². The second kappa shape index (κ2) is 47.7. The smallest absolute Gasteiger partial charge is 0.305 e. The highest BCUT2D eigenvalue weighted by Gasteiger charge is 2.47. The summed E-state index contributed by atoms with van der Waals surface area (Å²) in [6, 6.07) is 13.7. The molecule has 6 aromatic rings. The largest absolute Gasteiger partial charge is 0.508 e. The zero-order valence-electron chi connectivity index (χ0n) is 74.0. The molecule has 698 valence electrons. The maximum Gasteiger partial charge on any atom is 0.305 e. The number of amides is 15. The number of phenols is 1. The first-order chi connectivity index (χ1) is 61.9. The Bertz CT molecular complexity index is 5050. The van der Waals surface area contributed by atoms with Crippen LogP contribution in [0.4, 0.5) is 4.39 Å². The number of primary amides is 1. The first-order valence-corrected chi connectivity index (χ1v) is 44.6. The molecular weight excluding hydrogens is 1700 g/mol. The highest BCUT2D eigenvalue weighted by atomic mass is 32.2. The van der Waals surface area contributed by atoms with E-state index in [2.05, 4.69) is 52.8 Å². The summed E-state index contributed by atoms with van der Waals surface area (Å²) in [5, 5.41) is 55.5. The van der Waals surface area contributed by atoms with Crippen molar-refractivity contribution in [3.05, 3.63) is 173 Å². The van der Waals surface area contributed by atoms with Gasteiger partial charge in [-0.2, -0.15) is 0 Å². The van der Waals surface area contributed by atoms with Crippen LogP contribution in [0.1, 0.15) is 127 Å². The fourth-order valence-electron chi connectivity index (χ4n) is 16.2. The van der Waals surface area contributed by atoms with Crippen LogP contribution in [0.15, 0.2) is 140 Å². The number of H-pyrrole nitrogens is 1. The molecule has 3 aliphatic heterocycles. The van der Waals surface area contributed by atoms with Crippen molar-refractivity contribution in [1.82, 2.24) is 77.3 Å². The number of benzene rings is 5. The molecule has 3 fully saturated rings. The van der Waals surface area contributed by atoms with Gasteiger partial charge in [0.15, 0.2) is 0 Å².